The van der Waals surface area contributed by atoms with Gasteiger partial charge in [-0.05, 0) is 37.3 Å². The Bertz CT molecular complexity index is 541. The number of carbonyl (C=O) groups is 2. The molecule has 2 saturated carbocycles. The maximum Gasteiger partial charge on any atom is 0.223 e. The van der Waals surface area contributed by atoms with Gasteiger partial charge in [0, 0.05) is 29.3 Å². The highest BCUT2D eigenvalue weighted by molar-refractivity contribution is 6.31. The van der Waals surface area contributed by atoms with E-state index in [2.05, 4.69) is 5.32 Å². The first kappa shape index (κ1) is 14.6. The Morgan fingerprint density at radius 2 is 1.86 bits per heavy atom. The van der Waals surface area contributed by atoms with Crippen LogP contribution in [-0.2, 0) is 16.1 Å². The van der Waals surface area contributed by atoms with Gasteiger partial charge in [0.05, 0.1) is 0 Å². The fraction of sp³-hybridized carbons (Fsp3) is 0.529. The first-order chi connectivity index (χ1) is 10.1. The molecule has 2 aliphatic carbocycles. The molecule has 21 heavy (non-hydrogen) atoms. The summed E-state index contributed by atoms with van der Waals surface area (Å²) in [5.41, 5.74) is 0.930. The molecule has 0 aliphatic heterocycles. The summed E-state index contributed by atoms with van der Waals surface area (Å²) in [5.74, 6) is 0.693. The van der Waals surface area contributed by atoms with Gasteiger partial charge < -0.3 is 5.32 Å². The Balaban J connectivity index is 1.59. The van der Waals surface area contributed by atoms with Gasteiger partial charge in [-0.2, -0.15) is 0 Å². The van der Waals surface area contributed by atoms with Crippen molar-refractivity contribution in [3.8, 4) is 0 Å². The summed E-state index contributed by atoms with van der Waals surface area (Å²) in [6.07, 6.45) is 4.51. The third-order valence-corrected chi connectivity index (χ3v) is 5.20. The number of carbonyl (C=O) groups excluding carboxylic acids is 2. The summed E-state index contributed by atoms with van der Waals surface area (Å²) in [6.45, 7) is 0.457. The van der Waals surface area contributed by atoms with Crippen LogP contribution in [0.4, 0.5) is 0 Å². The van der Waals surface area contributed by atoms with E-state index in [4.69, 9.17) is 11.6 Å². The normalized spacial score (nSPS) is 28.2. The average Bonchev–Trinajstić information content (AvgIpc) is 2.46. The number of hydrogen-bond acceptors (Lipinski definition) is 2. The van der Waals surface area contributed by atoms with Crippen LogP contribution >= 0.6 is 11.6 Å². The van der Waals surface area contributed by atoms with Gasteiger partial charge in [0.2, 0.25) is 5.91 Å². The van der Waals surface area contributed by atoms with Crippen LogP contribution in [0.3, 0.4) is 0 Å². The van der Waals surface area contributed by atoms with E-state index in [0.717, 1.165) is 37.7 Å². The van der Waals surface area contributed by atoms with Crippen molar-refractivity contribution < 1.29 is 9.59 Å². The summed E-state index contributed by atoms with van der Waals surface area (Å²) in [6, 6.07) is 7.53. The molecular weight excluding hydrogens is 286 g/mol. The van der Waals surface area contributed by atoms with Crippen LogP contribution in [0.2, 0.25) is 5.02 Å². The molecule has 2 unspecified atom stereocenters. The third kappa shape index (κ3) is 3.13. The molecule has 4 heteroatoms. The van der Waals surface area contributed by atoms with Gasteiger partial charge in [0.1, 0.15) is 5.78 Å². The molecule has 1 N–H and O–H groups in total. The summed E-state index contributed by atoms with van der Waals surface area (Å²) in [7, 11) is 0. The lowest BCUT2D eigenvalue weighted by Crippen LogP contribution is -2.42. The van der Waals surface area contributed by atoms with Crippen molar-refractivity contribution in [1.82, 2.24) is 5.32 Å². The minimum atomic E-state index is -0.0134. The number of fused-ring (bicyclic) bond motifs is 2. The van der Waals surface area contributed by atoms with E-state index in [9.17, 15) is 9.59 Å². The van der Waals surface area contributed by atoms with Crippen LogP contribution in [0, 0.1) is 17.8 Å². The number of Topliss-reactive ketones (excluding diaryl/α,β-unsaturated/α-hetero) is 1. The number of ketones is 1. The fourth-order valence-electron chi connectivity index (χ4n) is 3.66. The monoisotopic (exact) mass is 305 g/mol. The van der Waals surface area contributed by atoms with Gasteiger partial charge in [-0.1, -0.05) is 36.2 Å². The highest BCUT2D eigenvalue weighted by Crippen LogP contribution is 2.40. The van der Waals surface area contributed by atoms with Crippen LogP contribution in [0.1, 0.15) is 37.7 Å². The summed E-state index contributed by atoms with van der Waals surface area (Å²) >= 11 is 6.09. The molecule has 112 valence electrons. The molecule has 3 nitrogen and oxygen atoms in total. The molecule has 1 aromatic rings. The van der Waals surface area contributed by atoms with Crippen LogP contribution in [-0.4, -0.2) is 11.7 Å². The standard InChI is InChI=1S/C17H20ClNO2/c18-15-7-2-1-4-13(15)10-19-17(21)14-8-11-5-3-6-12(9-14)16(11)20/h1-2,4,7,11-12,14H,3,5-6,8-10H2,(H,19,21). The van der Waals surface area contributed by atoms with E-state index in [1.54, 1.807) is 0 Å². The molecule has 3 rings (SSSR count). The van der Waals surface area contributed by atoms with Crippen molar-refractivity contribution in [1.29, 1.82) is 0 Å². The lowest BCUT2D eigenvalue weighted by molar-refractivity contribution is -0.137. The van der Waals surface area contributed by atoms with Gasteiger partial charge >= 0.3 is 0 Å². The fourth-order valence-corrected chi connectivity index (χ4v) is 3.86. The second-order valence-corrected chi connectivity index (χ2v) is 6.61. The molecule has 0 aromatic heterocycles. The summed E-state index contributed by atoms with van der Waals surface area (Å²) < 4.78 is 0. The number of halogens is 1. The zero-order chi connectivity index (χ0) is 14.8. The molecule has 0 heterocycles. The van der Waals surface area contributed by atoms with Gasteiger partial charge in [-0.25, -0.2) is 0 Å². The van der Waals surface area contributed by atoms with E-state index < -0.39 is 0 Å². The van der Waals surface area contributed by atoms with Crippen molar-refractivity contribution in [2.75, 3.05) is 0 Å². The van der Waals surface area contributed by atoms with Gasteiger partial charge in [-0.3, -0.25) is 9.59 Å². The van der Waals surface area contributed by atoms with Crippen molar-refractivity contribution in [2.24, 2.45) is 17.8 Å². The Morgan fingerprint density at radius 3 is 2.52 bits per heavy atom. The number of rotatable bonds is 3. The highest BCUT2D eigenvalue weighted by atomic mass is 35.5. The third-order valence-electron chi connectivity index (χ3n) is 4.83. The molecule has 1 aromatic carbocycles. The lowest BCUT2D eigenvalue weighted by atomic mass is 9.67. The van der Waals surface area contributed by atoms with Gasteiger partial charge in [-0.15, -0.1) is 0 Å². The maximum atomic E-state index is 12.4. The zero-order valence-corrected chi connectivity index (χ0v) is 12.7. The first-order valence-corrected chi connectivity index (χ1v) is 8.08. The minimum absolute atomic E-state index is 0.0134. The van der Waals surface area contributed by atoms with E-state index in [1.165, 1.54) is 0 Å². The molecule has 2 aliphatic rings. The number of benzene rings is 1. The maximum absolute atomic E-state index is 12.4. The van der Waals surface area contributed by atoms with Crippen molar-refractivity contribution in [3.63, 3.8) is 0 Å². The van der Waals surface area contributed by atoms with Gasteiger partial charge in [0.15, 0.2) is 0 Å². The Morgan fingerprint density at radius 1 is 1.19 bits per heavy atom. The molecule has 0 radical (unpaired) electrons. The van der Waals surface area contributed by atoms with Crippen molar-refractivity contribution in [2.45, 2.75) is 38.6 Å². The summed E-state index contributed by atoms with van der Waals surface area (Å²) in [5, 5.41) is 3.65. The molecule has 2 fully saturated rings. The quantitative estimate of drug-likeness (QED) is 0.931. The number of hydrogen-bond donors (Lipinski definition) is 1. The predicted octanol–water partition coefficient (Wildman–Crippen LogP) is 3.35. The van der Waals surface area contributed by atoms with E-state index in [1.807, 2.05) is 24.3 Å². The van der Waals surface area contributed by atoms with Crippen LogP contribution in [0.25, 0.3) is 0 Å². The smallest absolute Gasteiger partial charge is 0.223 e. The molecule has 0 spiro atoms. The van der Waals surface area contributed by atoms with E-state index in [-0.39, 0.29) is 23.7 Å². The minimum Gasteiger partial charge on any atom is -0.352 e. The second-order valence-electron chi connectivity index (χ2n) is 6.20. The highest BCUT2D eigenvalue weighted by Gasteiger charge is 2.41. The molecule has 2 atom stereocenters. The van der Waals surface area contributed by atoms with Crippen LogP contribution < -0.4 is 5.32 Å². The predicted molar refractivity (Wildman–Crippen MR) is 81.9 cm³/mol. The van der Waals surface area contributed by atoms with Crippen molar-refractivity contribution in [3.05, 3.63) is 34.9 Å². The number of amides is 1. The SMILES string of the molecule is O=C(NCc1ccccc1Cl)C1CC2CCCC(C1)C2=O. The molecule has 2 bridgehead atoms. The Kier molecular flexibility index (Phi) is 4.29. The number of nitrogens with one attached hydrogen (secondary N) is 1. The van der Waals surface area contributed by atoms with E-state index in [0.29, 0.717) is 17.4 Å². The summed E-state index contributed by atoms with van der Waals surface area (Å²) in [4.78, 5) is 24.4. The largest absolute Gasteiger partial charge is 0.352 e. The molecular formula is C17H20ClNO2. The van der Waals surface area contributed by atoms with E-state index >= 15 is 0 Å². The van der Waals surface area contributed by atoms with Gasteiger partial charge in [0.25, 0.3) is 0 Å². The first-order valence-electron chi connectivity index (χ1n) is 7.70. The van der Waals surface area contributed by atoms with Crippen molar-refractivity contribution >= 4 is 23.3 Å². The Hall–Kier alpha value is -1.35. The molecule has 1 amide bonds. The average molecular weight is 306 g/mol. The molecule has 0 saturated heterocycles. The van der Waals surface area contributed by atoms with Crippen LogP contribution in [0.15, 0.2) is 24.3 Å². The second kappa shape index (κ2) is 6.18. The zero-order valence-electron chi connectivity index (χ0n) is 12.0. The Labute approximate surface area is 130 Å². The lowest BCUT2D eigenvalue weighted by Gasteiger charge is -2.36. The van der Waals surface area contributed by atoms with Crippen LogP contribution in [0.5, 0.6) is 0 Å². The topological polar surface area (TPSA) is 46.2 Å².